The maximum absolute atomic E-state index is 11.9. The molecule has 2 aliphatic rings. The third kappa shape index (κ3) is 5.90. The lowest BCUT2D eigenvalue weighted by Crippen LogP contribution is -2.43. The minimum absolute atomic E-state index is 0.106. The monoisotopic (exact) mass is 347 g/mol. The number of nitrogens with zero attached hydrogens (tertiary/aromatic N) is 1. The second-order valence-corrected chi connectivity index (χ2v) is 7.39. The Bertz CT molecular complexity index is 569. The number of carbonyl (C=O) groups excluding carboxylic acids is 1. The number of amides is 2. The molecule has 1 aliphatic carbocycles. The molecular formula is C19H29N3O3. The molecule has 1 saturated carbocycles. The first kappa shape index (κ1) is 18.0. The number of carbonyl (C=O) groups is 1. The Balaban J connectivity index is 1.30. The zero-order chi connectivity index (χ0) is 17.6. The number of likely N-dealkylation sites (tertiary alicyclic amines) is 1. The van der Waals surface area contributed by atoms with Crippen molar-refractivity contribution in [2.75, 3.05) is 32.7 Å². The first-order valence-corrected chi connectivity index (χ1v) is 9.31. The van der Waals surface area contributed by atoms with Gasteiger partial charge in [0.25, 0.3) is 0 Å². The lowest BCUT2D eigenvalue weighted by molar-refractivity contribution is 0.167. The first-order chi connectivity index (χ1) is 12.1. The maximum atomic E-state index is 11.9. The molecule has 1 aromatic rings. The van der Waals surface area contributed by atoms with Gasteiger partial charge in [-0.25, -0.2) is 4.79 Å². The summed E-state index contributed by atoms with van der Waals surface area (Å²) in [4.78, 5) is 14.5. The average Bonchev–Trinajstić information content (AvgIpc) is 3.43. The van der Waals surface area contributed by atoms with Crippen LogP contribution in [0.25, 0.3) is 0 Å². The van der Waals surface area contributed by atoms with Crippen molar-refractivity contribution >= 4 is 6.03 Å². The van der Waals surface area contributed by atoms with Gasteiger partial charge in [-0.3, -0.25) is 0 Å². The van der Waals surface area contributed by atoms with Crippen LogP contribution in [0.2, 0.25) is 0 Å². The highest BCUT2D eigenvalue weighted by Gasteiger charge is 2.27. The molecule has 25 heavy (non-hydrogen) atoms. The van der Waals surface area contributed by atoms with Crippen LogP contribution in [0.3, 0.4) is 0 Å². The zero-order valence-electron chi connectivity index (χ0n) is 14.7. The van der Waals surface area contributed by atoms with E-state index in [4.69, 9.17) is 0 Å². The minimum atomic E-state index is -0.830. The van der Waals surface area contributed by atoms with Crippen molar-refractivity contribution in [3.8, 4) is 5.75 Å². The van der Waals surface area contributed by atoms with Gasteiger partial charge in [-0.15, -0.1) is 0 Å². The summed E-state index contributed by atoms with van der Waals surface area (Å²) in [5, 5.41) is 25.1. The van der Waals surface area contributed by atoms with Crippen LogP contribution in [0.5, 0.6) is 5.75 Å². The smallest absolute Gasteiger partial charge is 0.314 e. The number of phenols is 1. The topological polar surface area (TPSA) is 84.8 Å². The van der Waals surface area contributed by atoms with E-state index >= 15 is 0 Å². The molecule has 2 fully saturated rings. The number of benzene rings is 1. The average molecular weight is 347 g/mol. The summed E-state index contributed by atoms with van der Waals surface area (Å²) in [5.74, 6) is 1.59. The van der Waals surface area contributed by atoms with Crippen molar-refractivity contribution in [3.63, 3.8) is 0 Å². The predicted molar refractivity (Wildman–Crippen MR) is 96.4 cm³/mol. The number of aromatic hydroxyl groups is 1. The molecule has 1 unspecified atom stereocenters. The molecule has 6 heteroatoms. The number of hydrogen-bond acceptors (Lipinski definition) is 4. The summed E-state index contributed by atoms with van der Waals surface area (Å²) in [6, 6.07) is 6.19. The highest BCUT2D eigenvalue weighted by molar-refractivity contribution is 5.73. The van der Waals surface area contributed by atoms with Crippen molar-refractivity contribution in [1.29, 1.82) is 0 Å². The molecule has 1 saturated heterocycles. The van der Waals surface area contributed by atoms with Crippen LogP contribution in [0.15, 0.2) is 24.3 Å². The standard InChI is InChI=1S/C19H29N3O3/c23-17-3-1-2-16(10-17)18(24)12-21-19(25)20-11-14-6-8-22(9-7-14)13-15-4-5-15/h1-3,10,14-15,18,23-24H,4-9,11-13H2,(H2,20,21,25). The van der Waals surface area contributed by atoms with Crippen LogP contribution < -0.4 is 10.6 Å². The van der Waals surface area contributed by atoms with Gasteiger partial charge in [0.15, 0.2) is 0 Å². The van der Waals surface area contributed by atoms with E-state index in [-0.39, 0.29) is 18.3 Å². The fourth-order valence-electron chi connectivity index (χ4n) is 3.38. The summed E-state index contributed by atoms with van der Waals surface area (Å²) in [5.41, 5.74) is 0.586. The summed E-state index contributed by atoms with van der Waals surface area (Å²) in [6.07, 6.45) is 4.24. The molecule has 2 amide bonds. The number of urea groups is 1. The van der Waals surface area contributed by atoms with Crippen molar-refractivity contribution < 1.29 is 15.0 Å². The zero-order valence-corrected chi connectivity index (χ0v) is 14.7. The van der Waals surface area contributed by atoms with Crippen molar-refractivity contribution in [2.24, 2.45) is 11.8 Å². The minimum Gasteiger partial charge on any atom is -0.508 e. The van der Waals surface area contributed by atoms with Gasteiger partial charge in [0.05, 0.1) is 6.10 Å². The van der Waals surface area contributed by atoms with Gasteiger partial charge in [0.2, 0.25) is 0 Å². The van der Waals surface area contributed by atoms with E-state index in [1.54, 1.807) is 18.2 Å². The molecule has 3 rings (SSSR count). The number of phenolic OH excluding ortho intramolecular Hbond substituents is 1. The Hall–Kier alpha value is -1.79. The third-order valence-corrected chi connectivity index (χ3v) is 5.18. The van der Waals surface area contributed by atoms with E-state index < -0.39 is 6.10 Å². The van der Waals surface area contributed by atoms with E-state index in [1.165, 1.54) is 25.5 Å². The van der Waals surface area contributed by atoms with Gasteiger partial charge in [-0.1, -0.05) is 12.1 Å². The molecule has 0 radical (unpaired) electrons. The maximum Gasteiger partial charge on any atom is 0.314 e. The van der Waals surface area contributed by atoms with Crippen LogP contribution in [0.1, 0.15) is 37.4 Å². The highest BCUT2D eigenvalue weighted by atomic mass is 16.3. The van der Waals surface area contributed by atoms with E-state index in [1.807, 2.05) is 0 Å². The molecule has 1 heterocycles. The van der Waals surface area contributed by atoms with E-state index in [0.29, 0.717) is 18.0 Å². The molecule has 1 aromatic carbocycles. The van der Waals surface area contributed by atoms with Gasteiger partial charge in [0, 0.05) is 19.6 Å². The third-order valence-electron chi connectivity index (χ3n) is 5.18. The first-order valence-electron chi connectivity index (χ1n) is 9.31. The Morgan fingerprint density at radius 3 is 2.60 bits per heavy atom. The fourth-order valence-corrected chi connectivity index (χ4v) is 3.38. The van der Waals surface area contributed by atoms with Crippen LogP contribution in [-0.2, 0) is 0 Å². The molecule has 138 valence electrons. The molecule has 0 spiro atoms. The van der Waals surface area contributed by atoms with Gasteiger partial charge in [0.1, 0.15) is 5.75 Å². The lowest BCUT2D eigenvalue weighted by Gasteiger charge is -2.32. The molecule has 4 N–H and O–H groups in total. The van der Waals surface area contributed by atoms with Crippen LogP contribution >= 0.6 is 0 Å². The number of aliphatic hydroxyl groups excluding tert-OH is 1. The van der Waals surface area contributed by atoms with Crippen molar-refractivity contribution in [3.05, 3.63) is 29.8 Å². The van der Waals surface area contributed by atoms with E-state index in [9.17, 15) is 15.0 Å². The van der Waals surface area contributed by atoms with Gasteiger partial charge >= 0.3 is 6.03 Å². The van der Waals surface area contributed by atoms with Gasteiger partial charge in [-0.05, 0) is 68.3 Å². The second kappa shape index (κ2) is 8.54. The van der Waals surface area contributed by atoms with Crippen LogP contribution in [0, 0.1) is 11.8 Å². The van der Waals surface area contributed by atoms with Crippen molar-refractivity contribution in [2.45, 2.75) is 31.8 Å². The summed E-state index contributed by atoms with van der Waals surface area (Å²) in [7, 11) is 0. The van der Waals surface area contributed by atoms with Crippen molar-refractivity contribution in [1.82, 2.24) is 15.5 Å². The van der Waals surface area contributed by atoms with E-state index in [2.05, 4.69) is 15.5 Å². The Labute approximate surface area is 149 Å². The lowest BCUT2D eigenvalue weighted by atomic mass is 9.96. The Morgan fingerprint density at radius 2 is 1.92 bits per heavy atom. The highest BCUT2D eigenvalue weighted by Crippen LogP contribution is 2.31. The number of nitrogens with one attached hydrogen (secondary N) is 2. The van der Waals surface area contributed by atoms with E-state index in [0.717, 1.165) is 31.8 Å². The molecule has 0 aromatic heterocycles. The number of aliphatic hydroxyl groups is 1. The van der Waals surface area contributed by atoms with Gasteiger partial charge in [-0.2, -0.15) is 0 Å². The molecule has 1 aliphatic heterocycles. The Kier molecular flexibility index (Phi) is 6.15. The number of rotatable bonds is 7. The molecular weight excluding hydrogens is 318 g/mol. The molecule has 1 atom stereocenters. The fraction of sp³-hybridized carbons (Fsp3) is 0.632. The number of hydrogen-bond donors (Lipinski definition) is 4. The molecule has 0 bridgehead atoms. The molecule has 6 nitrogen and oxygen atoms in total. The second-order valence-electron chi connectivity index (χ2n) is 7.39. The number of piperidine rings is 1. The SMILES string of the molecule is O=C(NCC1CCN(CC2CC2)CC1)NCC(O)c1cccc(O)c1. The predicted octanol–water partition coefficient (Wildman–Crippen LogP) is 1.85. The Morgan fingerprint density at radius 1 is 1.16 bits per heavy atom. The summed E-state index contributed by atoms with van der Waals surface area (Å²) >= 11 is 0. The van der Waals surface area contributed by atoms with Crippen LogP contribution in [-0.4, -0.2) is 53.9 Å². The van der Waals surface area contributed by atoms with Gasteiger partial charge < -0.3 is 25.7 Å². The largest absolute Gasteiger partial charge is 0.508 e. The summed E-state index contributed by atoms with van der Waals surface area (Å²) in [6.45, 7) is 4.34. The normalized spacial score (nSPS) is 20.2. The van der Waals surface area contributed by atoms with Crippen LogP contribution in [0.4, 0.5) is 4.79 Å². The quantitative estimate of drug-likeness (QED) is 0.606. The summed E-state index contributed by atoms with van der Waals surface area (Å²) < 4.78 is 0.